The van der Waals surface area contributed by atoms with Crippen LogP contribution in [0.5, 0.6) is 0 Å². The van der Waals surface area contributed by atoms with Crippen LogP contribution in [0.15, 0.2) is 0 Å². The maximum atomic E-state index is 9.72. The van der Waals surface area contributed by atoms with Crippen LogP contribution in [0.4, 0.5) is 0 Å². The third-order valence-electron chi connectivity index (χ3n) is 0.653. The molecule has 0 aliphatic rings. The summed E-state index contributed by atoms with van der Waals surface area (Å²) in [5.41, 5.74) is 0. The van der Waals surface area contributed by atoms with Crippen LogP contribution in [-0.2, 0) is 20.0 Å². The molecule has 0 radical (unpaired) electrons. The van der Waals surface area contributed by atoms with Crippen LogP contribution >= 0.6 is 24.8 Å². The summed E-state index contributed by atoms with van der Waals surface area (Å²) in [6, 6.07) is 0. The number of aliphatic carboxylic acids is 2. The van der Waals surface area contributed by atoms with Crippen molar-refractivity contribution in [1.82, 2.24) is 0 Å². The topological polar surface area (TPSA) is 169 Å². The molecule has 0 aliphatic carbocycles. The van der Waals surface area contributed by atoms with Gasteiger partial charge >= 0.3 is 22.3 Å². The van der Waals surface area contributed by atoms with Crippen molar-refractivity contribution in [3.63, 3.8) is 0 Å². The highest BCUT2D eigenvalue weighted by Crippen LogP contribution is 1.89. The number of hydrogen-bond donors (Lipinski definition) is 5. The molecule has 0 rings (SSSR count). The van der Waals surface area contributed by atoms with Gasteiger partial charge in [0, 0.05) is 0 Å². The zero-order chi connectivity index (χ0) is 11.9. The van der Waals surface area contributed by atoms with Gasteiger partial charge in [-0.25, -0.2) is 4.79 Å². The zero-order valence-electron chi connectivity index (χ0n) is 7.38. The average molecular weight is 305 g/mol. The predicted molar refractivity (Wildman–Crippen MR) is 54.6 cm³/mol. The van der Waals surface area contributed by atoms with E-state index in [9.17, 15) is 9.59 Å². The molecule has 1 atom stereocenters. The molecule has 16 heavy (non-hydrogen) atoms. The zero-order valence-corrected chi connectivity index (χ0v) is 9.83. The standard InChI is InChI=1S/C4H6O5.2ClH.H2O4S/c5-2(4(8)9)1-3(6)7;;;1-5(2,3)4/h2,5H,1H2,(H,6,7)(H,8,9);2*1H;(H2,1,2,3,4). The lowest BCUT2D eigenvalue weighted by Gasteiger charge is -1.97. The van der Waals surface area contributed by atoms with E-state index in [-0.39, 0.29) is 24.8 Å². The van der Waals surface area contributed by atoms with Gasteiger partial charge in [-0.15, -0.1) is 24.8 Å². The Kier molecular flexibility index (Phi) is 16.6. The Labute approximate surface area is 102 Å². The normalized spacial score (nSPS) is 10.7. The first-order chi connectivity index (χ1) is 6.04. The summed E-state index contributed by atoms with van der Waals surface area (Å²) < 4.78 is 31.6. The predicted octanol–water partition coefficient (Wildman–Crippen LogP) is -0.903. The van der Waals surface area contributed by atoms with E-state index in [0.29, 0.717) is 0 Å². The Hall–Kier alpha value is -0.650. The minimum Gasteiger partial charge on any atom is -0.481 e. The van der Waals surface area contributed by atoms with Crippen molar-refractivity contribution in [2.45, 2.75) is 12.5 Å². The van der Waals surface area contributed by atoms with Crippen LogP contribution in [-0.4, -0.2) is 50.9 Å². The molecule has 5 N–H and O–H groups in total. The third-order valence-corrected chi connectivity index (χ3v) is 0.653. The molecule has 0 aliphatic heterocycles. The Morgan fingerprint density at radius 3 is 1.38 bits per heavy atom. The molecule has 100 valence electrons. The molecule has 9 nitrogen and oxygen atoms in total. The molecule has 0 spiro atoms. The minimum atomic E-state index is -4.67. The van der Waals surface area contributed by atoms with E-state index in [0.717, 1.165) is 0 Å². The van der Waals surface area contributed by atoms with Crippen molar-refractivity contribution in [2.75, 3.05) is 0 Å². The van der Waals surface area contributed by atoms with Gasteiger partial charge in [-0.1, -0.05) is 0 Å². The highest BCUT2D eigenvalue weighted by atomic mass is 35.5. The average Bonchev–Trinajstić information content (AvgIpc) is 1.80. The fourth-order valence-electron chi connectivity index (χ4n) is 0.253. The molecule has 0 aromatic heterocycles. The second-order valence-corrected chi connectivity index (χ2v) is 2.80. The summed E-state index contributed by atoms with van der Waals surface area (Å²) in [5, 5.41) is 24.1. The lowest BCUT2D eigenvalue weighted by atomic mass is 10.3. The van der Waals surface area contributed by atoms with Gasteiger partial charge in [0.2, 0.25) is 0 Å². The molecule has 0 fully saturated rings. The van der Waals surface area contributed by atoms with Gasteiger partial charge in [-0.3, -0.25) is 13.9 Å². The van der Waals surface area contributed by atoms with Gasteiger partial charge in [0.25, 0.3) is 0 Å². The fourth-order valence-corrected chi connectivity index (χ4v) is 0.253. The van der Waals surface area contributed by atoms with Crippen LogP contribution in [0, 0.1) is 0 Å². The van der Waals surface area contributed by atoms with E-state index in [1.807, 2.05) is 0 Å². The van der Waals surface area contributed by atoms with E-state index in [1.54, 1.807) is 0 Å². The quantitative estimate of drug-likeness (QED) is 0.414. The van der Waals surface area contributed by atoms with E-state index in [4.69, 9.17) is 32.8 Å². The summed E-state index contributed by atoms with van der Waals surface area (Å²) >= 11 is 0. The Morgan fingerprint density at radius 2 is 1.31 bits per heavy atom. The molecule has 1 unspecified atom stereocenters. The first-order valence-corrected chi connectivity index (χ1v) is 4.26. The lowest BCUT2D eigenvalue weighted by Crippen LogP contribution is -2.22. The van der Waals surface area contributed by atoms with Gasteiger partial charge in [0.15, 0.2) is 6.10 Å². The highest BCUT2D eigenvalue weighted by Gasteiger charge is 2.16. The summed E-state index contributed by atoms with van der Waals surface area (Å²) in [6.45, 7) is 0. The molecule has 0 heterocycles. The van der Waals surface area contributed by atoms with E-state index >= 15 is 0 Å². The molecule has 0 bridgehead atoms. The largest absolute Gasteiger partial charge is 0.481 e. The van der Waals surface area contributed by atoms with Crippen molar-refractivity contribution >= 4 is 47.2 Å². The van der Waals surface area contributed by atoms with Crippen molar-refractivity contribution in [3.8, 4) is 0 Å². The number of carboxylic acids is 2. The van der Waals surface area contributed by atoms with Gasteiger partial charge in [0.05, 0.1) is 6.42 Å². The van der Waals surface area contributed by atoms with Crippen LogP contribution in [0.2, 0.25) is 0 Å². The SMILES string of the molecule is Cl.Cl.O=C(O)CC(O)C(=O)O.O=S(=O)(O)O. The van der Waals surface area contributed by atoms with Gasteiger partial charge in [-0.05, 0) is 0 Å². The van der Waals surface area contributed by atoms with E-state index in [1.165, 1.54) is 0 Å². The van der Waals surface area contributed by atoms with Crippen LogP contribution in [0.1, 0.15) is 6.42 Å². The molecule has 0 aromatic rings. The second kappa shape index (κ2) is 10.9. The van der Waals surface area contributed by atoms with Gasteiger partial charge in [-0.2, -0.15) is 8.42 Å². The fraction of sp³-hybridized carbons (Fsp3) is 0.500. The third kappa shape index (κ3) is 37.7. The Bertz CT molecular complexity index is 291. The second-order valence-electron chi connectivity index (χ2n) is 1.90. The molecule has 0 amide bonds. The van der Waals surface area contributed by atoms with Gasteiger partial charge < -0.3 is 15.3 Å². The lowest BCUT2D eigenvalue weighted by molar-refractivity contribution is -0.152. The molecule has 0 aromatic carbocycles. The number of aliphatic hydroxyl groups excluding tert-OH is 1. The Morgan fingerprint density at radius 1 is 1.06 bits per heavy atom. The number of carbonyl (C=O) groups is 2. The molecular weight excluding hydrogens is 295 g/mol. The van der Waals surface area contributed by atoms with Crippen LogP contribution in [0.3, 0.4) is 0 Å². The maximum Gasteiger partial charge on any atom is 0.394 e. The van der Waals surface area contributed by atoms with Crippen molar-refractivity contribution in [3.05, 3.63) is 0 Å². The van der Waals surface area contributed by atoms with Gasteiger partial charge in [0.1, 0.15) is 0 Å². The summed E-state index contributed by atoms with van der Waals surface area (Å²) in [4.78, 5) is 19.4. The first-order valence-electron chi connectivity index (χ1n) is 2.86. The number of carboxylic acid groups (broad SMARTS) is 2. The number of rotatable bonds is 3. The van der Waals surface area contributed by atoms with E-state index in [2.05, 4.69) is 0 Å². The number of aliphatic hydroxyl groups is 1. The van der Waals surface area contributed by atoms with Crippen LogP contribution < -0.4 is 0 Å². The Balaban J connectivity index is -0.0000000904. The van der Waals surface area contributed by atoms with Crippen molar-refractivity contribution in [1.29, 1.82) is 0 Å². The van der Waals surface area contributed by atoms with Crippen molar-refractivity contribution in [2.24, 2.45) is 0 Å². The highest BCUT2D eigenvalue weighted by molar-refractivity contribution is 7.79. The maximum absolute atomic E-state index is 9.72. The molecule has 12 heteroatoms. The molecule has 0 saturated carbocycles. The number of halogens is 2. The summed E-state index contributed by atoms with van der Waals surface area (Å²) in [7, 11) is -4.67. The van der Waals surface area contributed by atoms with Crippen molar-refractivity contribution < 1.29 is 42.4 Å². The molecule has 0 saturated heterocycles. The monoisotopic (exact) mass is 304 g/mol. The number of hydrogen-bond acceptors (Lipinski definition) is 5. The first kappa shape index (κ1) is 24.5. The summed E-state index contributed by atoms with van der Waals surface area (Å²) in [5.74, 6) is -2.85. The van der Waals surface area contributed by atoms with E-state index < -0.39 is 34.9 Å². The minimum absolute atomic E-state index is 0. The van der Waals surface area contributed by atoms with Crippen LogP contribution in [0.25, 0.3) is 0 Å². The molecular formula is C4H10Cl2O9S. The summed E-state index contributed by atoms with van der Waals surface area (Å²) in [6.07, 6.45) is -2.54. The smallest absolute Gasteiger partial charge is 0.394 e.